The molecule has 0 N–H and O–H groups in total. The molecule has 1 atom stereocenters. The molecule has 194 valence electrons. The van der Waals surface area contributed by atoms with Crippen LogP contribution in [0.5, 0.6) is 0 Å². The number of aryl methyl sites for hydroxylation is 1. The molecule has 39 heavy (non-hydrogen) atoms. The number of para-hydroxylation sites is 2. The molecular formula is C34H33N5. The molecule has 5 aromatic rings. The lowest BCUT2D eigenvalue weighted by molar-refractivity contribution is 0.616. The average Bonchev–Trinajstić information content (AvgIpc) is 3.60. The van der Waals surface area contributed by atoms with Gasteiger partial charge in [-0.05, 0) is 47.4 Å². The van der Waals surface area contributed by atoms with E-state index in [4.69, 9.17) is 15.1 Å². The predicted molar refractivity (Wildman–Crippen MR) is 162 cm³/mol. The van der Waals surface area contributed by atoms with Crippen molar-refractivity contribution in [3.8, 4) is 0 Å². The SMILES string of the molecule is CCCCCn1c(N=Cc2ccc(N3N=C(c4ccccc4)C[C@H]3c3ccccc3)cc2)nc2ccccc21. The molecule has 1 aliphatic rings. The van der Waals surface area contributed by atoms with Gasteiger partial charge in [-0.3, -0.25) is 5.01 Å². The highest BCUT2D eigenvalue weighted by Gasteiger charge is 2.29. The molecular weight excluding hydrogens is 478 g/mol. The van der Waals surface area contributed by atoms with Gasteiger partial charge in [0, 0.05) is 19.2 Å². The Morgan fingerprint density at radius 3 is 2.31 bits per heavy atom. The number of imidazole rings is 1. The lowest BCUT2D eigenvalue weighted by atomic mass is 9.98. The van der Waals surface area contributed by atoms with Crippen LogP contribution in [0, 0.1) is 0 Å². The Bertz CT molecular complexity index is 1580. The van der Waals surface area contributed by atoms with Crippen molar-refractivity contribution >= 4 is 34.6 Å². The van der Waals surface area contributed by atoms with Gasteiger partial charge in [-0.1, -0.05) is 105 Å². The van der Waals surface area contributed by atoms with E-state index in [-0.39, 0.29) is 6.04 Å². The van der Waals surface area contributed by atoms with E-state index in [0.29, 0.717) is 0 Å². The average molecular weight is 512 g/mol. The van der Waals surface area contributed by atoms with Crippen LogP contribution < -0.4 is 5.01 Å². The van der Waals surface area contributed by atoms with Crippen LogP contribution in [0.15, 0.2) is 119 Å². The van der Waals surface area contributed by atoms with E-state index in [2.05, 4.69) is 114 Å². The lowest BCUT2D eigenvalue weighted by Gasteiger charge is -2.24. The topological polar surface area (TPSA) is 45.8 Å². The molecule has 0 fully saturated rings. The third-order valence-corrected chi connectivity index (χ3v) is 7.31. The first-order valence-corrected chi connectivity index (χ1v) is 13.9. The number of fused-ring (bicyclic) bond motifs is 1. The molecule has 1 aromatic heterocycles. The van der Waals surface area contributed by atoms with Crippen molar-refractivity contribution in [1.29, 1.82) is 0 Å². The molecule has 0 spiro atoms. The molecule has 6 rings (SSSR count). The largest absolute Gasteiger partial charge is 0.308 e. The van der Waals surface area contributed by atoms with E-state index in [0.717, 1.165) is 53.3 Å². The number of hydrogen-bond acceptors (Lipinski definition) is 4. The Hall–Kier alpha value is -4.51. The second-order valence-electron chi connectivity index (χ2n) is 10.00. The summed E-state index contributed by atoms with van der Waals surface area (Å²) in [6.45, 7) is 3.16. The van der Waals surface area contributed by atoms with E-state index >= 15 is 0 Å². The zero-order chi connectivity index (χ0) is 26.4. The Morgan fingerprint density at radius 2 is 1.54 bits per heavy atom. The molecule has 0 saturated carbocycles. The van der Waals surface area contributed by atoms with E-state index in [1.54, 1.807) is 0 Å². The number of hydrogen-bond donors (Lipinski definition) is 0. The third-order valence-electron chi connectivity index (χ3n) is 7.31. The first-order chi connectivity index (χ1) is 19.3. The third kappa shape index (κ3) is 5.39. The molecule has 1 aliphatic heterocycles. The van der Waals surface area contributed by atoms with Crippen molar-refractivity contribution in [3.63, 3.8) is 0 Å². The van der Waals surface area contributed by atoms with Crippen LogP contribution in [-0.4, -0.2) is 21.5 Å². The van der Waals surface area contributed by atoms with Gasteiger partial charge in [-0.15, -0.1) is 0 Å². The summed E-state index contributed by atoms with van der Waals surface area (Å²) in [5.41, 5.74) is 7.78. The summed E-state index contributed by atoms with van der Waals surface area (Å²) in [6, 6.07) is 38.1. The number of nitrogens with zero attached hydrogens (tertiary/aromatic N) is 5. The Balaban J connectivity index is 1.27. The number of hydrazone groups is 1. The van der Waals surface area contributed by atoms with Crippen LogP contribution in [0.1, 0.15) is 55.3 Å². The van der Waals surface area contributed by atoms with Gasteiger partial charge in [0.1, 0.15) is 0 Å². The monoisotopic (exact) mass is 511 g/mol. The van der Waals surface area contributed by atoms with Gasteiger partial charge in [-0.2, -0.15) is 5.10 Å². The zero-order valence-electron chi connectivity index (χ0n) is 22.3. The van der Waals surface area contributed by atoms with Crippen molar-refractivity contribution in [3.05, 3.63) is 126 Å². The number of rotatable bonds is 9. The Morgan fingerprint density at radius 1 is 0.821 bits per heavy atom. The standard InChI is InChI=1S/C34H33N5/c1-2-3-12-23-38-32-18-11-10-17-30(32)36-34(38)35-25-26-19-21-29(22-20-26)39-33(28-15-8-5-9-16-28)24-31(37-39)27-13-6-4-7-14-27/h4-11,13-22,25,33H,2-3,12,23-24H2,1H3/t33-/m0/s1. The predicted octanol–water partition coefficient (Wildman–Crippen LogP) is 8.33. The van der Waals surface area contributed by atoms with Gasteiger partial charge in [0.15, 0.2) is 0 Å². The van der Waals surface area contributed by atoms with Crippen molar-refractivity contribution < 1.29 is 0 Å². The van der Waals surface area contributed by atoms with Crippen LogP contribution in [0.3, 0.4) is 0 Å². The van der Waals surface area contributed by atoms with E-state index < -0.39 is 0 Å². The number of aliphatic imine (C=N–C) groups is 1. The fourth-order valence-corrected chi connectivity index (χ4v) is 5.24. The van der Waals surface area contributed by atoms with Crippen LogP contribution in [-0.2, 0) is 6.54 Å². The molecule has 0 amide bonds. The van der Waals surface area contributed by atoms with Crippen molar-refractivity contribution in [1.82, 2.24) is 9.55 Å². The van der Waals surface area contributed by atoms with E-state index in [1.807, 2.05) is 18.3 Å². The summed E-state index contributed by atoms with van der Waals surface area (Å²) < 4.78 is 2.24. The second-order valence-corrected chi connectivity index (χ2v) is 10.00. The first-order valence-electron chi connectivity index (χ1n) is 13.9. The molecule has 5 nitrogen and oxygen atoms in total. The van der Waals surface area contributed by atoms with Gasteiger partial charge in [0.2, 0.25) is 5.95 Å². The van der Waals surface area contributed by atoms with Gasteiger partial charge in [0.05, 0.1) is 28.5 Å². The maximum Gasteiger partial charge on any atom is 0.230 e. The quantitative estimate of drug-likeness (QED) is 0.147. The molecule has 5 heteroatoms. The van der Waals surface area contributed by atoms with Crippen molar-refractivity contribution in [2.24, 2.45) is 10.1 Å². The van der Waals surface area contributed by atoms with Crippen LogP contribution in [0.2, 0.25) is 0 Å². The molecule has 0 aliphatic carbocycles. The molecule has 0 saturated heterocycles. The summed E-state index contributed by atoms with van der Waals surface area (Å²) in [5, 5.41) is 7.24. The molecule has 0 bridgehead atoms. The van der Waals surface area contributed by atoms with Crippen molar-refractivity contribution in [2.75, 3.05) is 5.01 Å². The maximum absolute atomic E-state index is 5.08. The zero-order valence-corrected chi connectivity index (χ0v) is 22.3. The van der Waals surface area contributed by atoms with Crippen LogP contribution in [0.4, 0.5) is 11.6 Å². The number of unbranched alkanes of at least 4 members (excludes halogenated alkanes) is 2. The highest BCUT2D eigenvalue weighted by atomic mass is 15.5. The smallest absolute Gasteiger partial charge is 0.230 e. The highest BCUT2D eigenvalue weighted by Crippen LogP contribution is 2.36. The maximum atomic E-state index is 5.08. The van der Waals surface area contributed by atoms with Gasteiger partial charge in [-0.25, -0.2) is 9.98 Å². The Labute approximate surface area is 230 Å². The molecule has 4 aromatic carbocycles. The fourth-order valence-electron chi connectivity index (χ4n) is 5.24. The number of anilines is 1. The normalized spacial score (nSPS) is 15.4. The van der Waals surface area contributed by atoms with E-state index in [9.17, 15) is 0 Å². The first kappa shape index (κ1) is 24.8. The fraction of sp³-hybridized carbons (Fsp3) is 0.206. The minimum absolute atomic E-state index is 0.156. The van der Waals surface area contributed by atoms with Crippen molar-refractivity contribution in [2.45, 2.75) is 45.2 Å². The summed E-state index contributed by atoms with van der Waals surface area (Å²) in [5.74, 6) is 0.761. The lowest BCUT2D eigenvalue weighted by Crippen LogP contribution is -2.18. The van der Waals surface area contributed by atoms with Crippen LogP contribution in [0.25, 0.3) is 11.0 Å². The van der Waals surface area contributed by atoms with E-state index in [1.165, 1.54) is 24.0 Å². The van der Waals surface area contributed by atoms with Gasteiger partial charge < -0.3 is 4.57 Å². The molecule has 2 heterocycles. The minimum Gasteiger partial charge on any atom is -0.308 e. The van der Waals surface area contributed by atoms with Crippen LogP contribution >= 0.6 is 0 Å². The summed E-state index contributed by atoms with van der Waals surface area (Å²) >= 11 is 0. The highest BCUT2D eigenvalue weighted by molar-refractivity contribution is 6.03. The number of aromatic nitrogens is 2. The van der Waals surface area contributed by atoms with Gasteiger partial charge >= 0.3 is 0 Å². The summed E-state index contributed by atoms with van der Waals surface area (Å²) in [4.78, 5) is 9.63. The molecule has 0 radical (unpaired) electrons. The summed E-state index contributed by atoms with van der Waals surface area (Å²) in [6.07, 6.45) is 6.30. The summed E-state index contributed by atoms with van der Waals surface area (Å²) in [7, 11) is 0. The number of benzene rings is 4. The molecule has 0 unspecified atom stereocenters. The second kappa shape index (κ2) is 11.5. The Kier molecular flexibility index (Phi) is 7.30. The minimum atomic E-state index is 0.156. The van der Waals surface area contributed by atoms with Gasteiger partial charge in [0.25, 0.3) is 0 Å².